The normalized spacial score (nSPS) is 12.4. The van der Waals surface area contributed by atoms with Crippen molar-refractivity contribution in [2.45, 2.75) is 26.3 Å². The number of nitrogens with zero attached hydrogens (tertiary/aromatic N) is 1. The van der Waals surface area contributed by atoms with Gasteiger partial charge in [-0.2, -0.15) is 0 Å². The van der Waals surface area contributed by atoms with Crippen LogP contribution in [0.3, 0.4) is 0 Å². The Morgan fingerprint density at radius 3 is 2.75 bits per heavy atom. The lowest BCUT2D eigenvalue weighted by atomic mass is 9.99. The molecular formula is C15H17BrFN3. The van der Waals surface area contributed by atoms with Crippen LogP contribution >= 0.6 is 15.9 Å². The molecule has 3 nitrogen and oxygen atoms in total. The van der Waals surface area contributed by atoms with Gasteiger partial charge < -0.3 is 0 Å². The number of halogens is 2. The molecule has 0 aliphatic heterocycles. The SMILES string of the molecule is Cc1cnc(C(Cc2cc(Br)ccc2F)NN)c(C)c1. The van der Waals surface area contributed by atoms with Gasteiger partial charge in [-0.15, -0.1) is 0 Å². The highest BCUT2D eigenvalue weighted by Gasteiger charge is 2.17. The van der Waals surface area contributed by atoms with Crippen molar-refractivity contribution in [3.05, 3.63) is 63.1 Å². The van der Waals surface area contributed by atoms with Crippen LogP contribution in [0.1, 0.15) is 28.4 Å². The van der Waals surface area contributed by atoms with Gasteiger partial charge in [-0.05, 0) is 55.2 Å². The zero-order valence-electron chi connectivity index (χ0n) is 11.5. The summed E-state index contributed by atoms with van der Waals surface area (Å²) in [6, 6.07) is 6.72. The Kier molecular flexibility index (Phi) is 4.86. The van der Waals surface area contributed by atoms with Gasteiger partial charge in [0.1, 0.15) is 5.82 Å². The van der Waals surface area contributed by atoms with Gasteiger partial charge in [0.05, 0.1) is 11.7 Å². The van der Waals surface area contributed by atoms with Crippen molar-refractivity contribution in [1.29, 1.82) is 0 Å². The number of hydrogen-bond donors (Lipinski definition) is 2. The molecule has 0 aliphatic carbocycles. The van der Waals surface area contributed by atoms with Gasteiger partial charge in [-0.25, -0.2) is 4.39 Å². The fourth-order valence-electron chi connectivity index (χ4n) is 2.24. The van der Waals surface area contributed by atoms with Crippen molar-refractivity contribution in [2.24, 2.45) is 5.84 Å². The summed E-state index contributed by atoms with van der Waals surface area (Å²) >= 11 is 3.35. The first-order valence-electron chi connectivity index (χ1n) is 6.34. The molecule has 1 aromatic carbocycles. The number of aromatic nitrogens is 1. The van der Waals surface area contributed by atoms with Crippen LogP contribution in [0.4, 0.5) is 4.39 Å². The Morgan fingerprint density at radius 1 is 1.35 bits per heavy atom. The van der Waals surface area contributed by atoms with Crippen molar-refractivity contribution in [1.82, 2.24) is 10.4 Å². The Hall–Kier alpha value is -1.30. The minimum Gasteiger partial charge on any atom is -0.271 e. The smallest absolute Gasteiger partial charge is 0.126 e. The molecule has 1 atom stereocenters. The summed E-state index contributed by atoms with van der Waals surface area (Å²) in [5, 5.41) is 0. The lowest BCUT2D eigenvalue weighted by Crippen LogP contribution is -2.31. The van der Waals surface area contributed by atoms with E-state index >= 15 is 0 Å². The maximum absolute atomic E-state index is 13.8. The maximum Gasteiger partial charge on any atom is 0.126 e. The number of benzene rings is 1. The monoisotopic (exact) mass is 337 g/mol. The van der Waals surface area contributed by atoms with Crippen molar-refractivity contribution in [3.8, 4) is 0 Å². The molecule has 1 aromatic heterocycles. The van der Waals surface area contributed by atoms with Crippen molar-refractivity contribution in [3.63, 3.8) is 0 Å². The molecule has 1 unspecified atom stereocenters. The van der Waals surface area contributed by atoms with E-state index in [1.54, 1.807) is 18.3 Å². The number of nitrogens with two attached hydrogens (primary N) is 1. The third-order valence-corrected chi connectivity index (χ3v) is 3.71. The first-order chi connectivity index (χ1) is 9.51. The van der Waals surface area contributed by atoms with Crippen LogP contribution in [0.2, 0.25) is 0 Å². The van der Waals surface area contributed by atoms with Crippen molar-refractivity contribution in [2.75, 3.05) is 0 Å². The summed E-state index contributed by atoms with van der Waals surface area (Å²) in [7, 11) is 0. The zero-order chi connectivity index (χ0) is 14.7. The van der Waals surface area contributed by atoms with Gasteiger partial charge in [0, 0.05) is 10.7 Å². The van der Waals surface area contributed by atoms with E-state index < -0.39 is 0 Å². The minimum atomic E-state index is -0.238. The molecule has 0 aliphatic rings. The molecule has 0 radical (unpaired) electrons. The Balaban J connectivity index is 2.31. The number of rotatable bonds is 4. The molecule has 1 heterocycles. The molecule has 2 aromatic rings. The molecular weight excluding hydrogens is 321 g/mol. The van der Waals surface area contributed by atoms with Gasteiger partial charge in [0.15, 0.2) is 0 Å². The van der Waals surface area contributed by atoms with Crippen LogP contribution in [0.25, 0.3) is 0 Å². The average molecular weight is 338 g/mol. The zero-order valence-corrected chi connectivity index (χ0v) is 13.0. The van der Waals surface area contributed by atoms with Crippen LogP contribution in [-0.4, -0.2) is 4.98 Å². The molecule has 20 heavy (non-hydrogen) atoms. The van der Waals surface area contributed by atoms with Gasteiger partial charge in [-0.3, -0.25) is 16.3 Å². The quantitative estimate of drug-likeness (QED) is 0.664. The summed E-state index contributed by atoms with van der Waals surface area (Å²) in [4.78, 5) is 4.42. The molecule has 0 saturated carbocycles. The van der Waals surface area contributed by atoms with Crippen molar-refractivity contribution < 1.29 is 4.39 Å². The molecule has 2 rings (SSSR count). The summed E-state index contributed by atoms with van der Waals surface area (Å²) in [5.41, 5.74) is 6.31. The molecule has 0 spiro atoms. The van der Waals surface area contributed by atoms with Crippen molar-refractivity contribution >= 4 is 15.9 Å². The van der Waals surface area contributed by atoms with E-state index in [0.29, 0.717) is 12.0 Å². The predicted molar refractivity (Wildman–Crippen MR) is 81.6 cm³/mol. The largest absolute Gasteiger partial charge is 0.271 e. The summed E-state index contributed by atoms with van der Waals surface area (Å²) in [6.45, 7) is 3.97. The summed E-state index contributed by atoms with van der Waals surface area (Å²) in [6.07, 6.45) is 2.24. The second-order valence-electron chi connectivity index (χ2n) is 4.87. The van der Waals surface area contributed by atoms with Gasteiger partial charge in [0.2, 0.25) is 0 Å². The highest BCUT2D eigenvalue weighted by Crippen LogP contribution is 2.23. The first kappa shape index (κ1) is 15.1. The fourth-order valence-corrected chi connectivity index (χ4v) is 2.65. The average Bonchev–Trinajstić information content (AvgIpc) is 2.40. The Bertz CT molecular complexity index is 616. The topological polar surface area (TPSA) is 50.9 Å². The highest BCUT2D eigenvalue weighted by atomic mass is 79.9. The maximum atomic E-state index is 13.8. The van der Waals surface area contributed by atoms with Crippen LogP contribution in [0, 0.1) is 19.7 Å². The number of hydrazine groups is 1. The van der Waals surface area contributed by atoms with Crippen LogP contribution in [0.5, 0.6) is 0 Å². The lowest BCUT2D eigenvalue weighted by Gasteiger charge is -2.18. The van der Waals surface area contributed by atoms with Gasteiger partial charge in [-0.1, -0.05) is 22.0 Å². The number of pyridine rings is 1. The van der Waals surface area contributed by atoms with E-state index in [2.05, 4.69) is 26.3 Å². The van der Waals surface area contributed by atoms with E-state index in [-0.39, 0.29) is 11.9 Å². The summed E-state index contributed by atoms with van der Waals surface area (Å²) in [5.74, 6) is 5.39. The highest BCUT2D eigenvalue weighted by molar-refractivity contribution is 9.10. The van der Waals surface area contributed by atoms with Crippen LogP contribution in [-0.2, 0) is 6.42 Å². The molecule has 3 N–H and O–H groups in total. The van der Waals surface area contributed by atoms with E-state index in [9.17, 15) is 4.39 Å². The molecule has 0 fully saturated rings. The molecule has 0 bridgehead atoms. The standard InChI is InChI=1S/C15H17BrFN3/c1-9-5-10(2)15(19-8-9)14(20-18)7-11-6-12(16)3-4-13(11)17/h3-6,8,14,20H,7,18H2,1-2H3. The van der Waals surface area contributed by atoms with E-state index in [1.807, 2.05) is 19.9 Å². The Labute approximate surface area is 126 Å². The number of aryl methyl sites for hydroxylation is 2. The van der Waals surface area contributed by atoms with Gasteiger partial charge in [0.25, 0.3) is 0 Å². The van der Waals surface area contributed by atoms with Crippen LogP contribution in [0.15, 0.2) is 34.9 Å². The predicted octanol–water partition coefficient (Wildman–Crippen LogP) is 3.35. The summed E-state index contributed by atoms with van der Waals surface area (Å²) < 4.78 is 14.7. The minimum absolute atomic E-state index is 0.223. The number of nitrogens with one attached hydrogen (secondary N) is 1. The fraction of sp³-hybridized carbons (Fsp3) is 0.267. The molecule has 0 saturated heterocycles. The molecule has 0 amide bonds. The molecule has 5 heteroatoms. The van der Waals surface area contributed by atoms with E-state index in [4.69, 9.17) is 5.84 Å². The van der Waals surface area contributed by atoms with Gasteiger partial charge >= 0.3 is 0 Å². The molecule has 106 valence electrons. The lowest BCUT2D eigenvalue weighted by molar-refractivity contribution is 0.516. The second-order valence-corrected chi connectivity index (χ2v) is 5.79. The third-order valence-electron chi connectivity index (χ3n) is 3.22. The van der Waals surface area contributed by atoms with E-state index in [0.717, 1.165) is 21.3 Å². The van der Waals surface area contributed by atoms with Crippen LogP contribution < -0.4 is 11.3 Å². The second kappa shape index (κ2) is 6.43. The first-order valence-corrected chi connectivity index (χ1v) is 7.13. The number of hydrogen-bond acceptors (Lipinski definition) is 3. The third kappa shape index (κ3) is 3.42. The Morgan fingerprint density at radius 2 is 2.10 bits per heavy atom. The van der Waals surface area contributed by atoms with E-state index in [1.165, 1.54) is 6.07 Å².